The van der Waals surface area contributed by atoms with Crippen LogP contribution >= 0.6 is 11.3 Å². The van der Waals surface area contributed by atoms with Crippen LogP contribution in [-0.4, -0.2) is 59.3 Å². The van der Waals surface area contributed by atoms with E-state index in [4.69, 9.17) is 14.2 Å². The number of sulfonamides is 1. The van der Waals surface area contributed by atoms with Gasteiger partial charge in [0.2, 0.25) is 15.8 Å². The molecule has 1 fully saturated rings. The Morgan fingerprint density at radius 2 is 2.10 bits per heavy atom. The van der Waals surface area contributed by atoms with E-state index in [2.05, 4.69) is 9.62 Å². The Morgan fingerprint density at radius 3 is 2.90 bits per heavy atom. The van der Waals surface area contributed by atoms with Gasteiger partial charge in [0.05, 0.1) is 4.90 Å². The number of hydrogen-bond acceptors (Lipinski definition) is 7. The van der Waals surface area contributed by atoms with Gasteiger partial charge in [0.15, 0.2) is 11.5 Å². The molecule has 2 aliphatic heterocycles. The molecule has 0 spiro atoms. The van der Waals surface area contributed by atoms with Gasteiger partial charge in [-0.25, -0.2) is 13.1 Å². The van der Waals surface area contributed by atoms with Crippen molar-refractivity contribution in [2.75, 3.05) is 46.0 Å². The van der Waals surface area contributed by atoms with Crippen molar-refractivity contribution in [3.8, 4) is 17.2 Å². The number of fused-ring (bicyclic) bond motifs is 1. The molecule has 30 heavy (non-hydrogen) atoms. The van der Waals surface area contributed by atoms with Crippen molar-refractivity contribution in [1.29, 1.82) is 0 Å². The number of aryl methyl sites for hydroxylation is 2. The van der Waals surface area contributed by atoms with Crippen LogP contribution in [0.3, 0.4) is 0 Å². The van der Waals surface area contributed by atoms with E-state index >= 15 is 0 Å². The van der Waals surface area contributed by atoms with Crippen LogP contribution in [0.1, 0.15) is 16.2 Å². The van der Waals surface area contributed by atoms with Crippen molar-refractivity contribution in [1.82, 2.24) is 9.62 Å². The van der Waals surface area contributed by atoms with E-state index in [0.29, 0.717) is 48.7 Å². The van der Waals surface area contributed by atoms with Crippen LogP contribution in [0.4, 0.5) is 0 Å². The zero-order valence-electron chi connectivity index (χ0n) is 17.3. The molecule has 3 heterocycles. The van der Waals surface area contributed by atoms with Crippen LogP contribution in [0, 0.1) is 19.8 Å². The zero-order chi connectivity index (χ0) is 21.1. The normalized spacial score (nSPS) is 19.2. The Bertz CT molecular complexity index is 989. The van der Waals surface area contributed by atoms with E-state index in [1.165, 1.54) is 11.3 Å². The number of likely N-dealkylation sites (tertiary alicyclic amines) is 1. The smallest absolute Gasteiger partial charge is 0.241 e. The molecular formula is C21H28N2O5S2. The molecule has 1 N–H and O–H groups in total. The van der Waals surface area contributed by atoms with Gasteiger partial charge in [0, 0.05) is 29.4 Å². The highest BCUT2D eigenvalue weighted by Gasteiger charge is 2.26. The number of benzene rings is 1. The molecule has 9 heteroatoms. The van der Waals surface area contributed by atoms with Crippen molar-refractivity contribution in [3.63, 3.8) is 0 Å². The highest BCUT2D eigenvalue weighted by molar-refractivity contribution is 7.89. The number of nitrogens with one attached hydrogen (secondary N) is 1. The Morgan fingerprint density at radius 1 is 1.27 bits per heavy atom. The van der Waals surface area contributed by atoms with E-state index < -0.39 is 10.0 Å². The molecule has 4 rings (SSSR count). The van der Waals surface area contributed by atoms with Gasteiger partial charge in [0.25, 0.3) is 0 Å². The van der Waals surface area contributed by atoms with Crippen LogP contribution in [-0.2, 0) is 10.0 Å². The first-order valence-electron chi connectivity index (χ1n) is 10.2. The van der Waals surface area contributed by atoms with E-state index in [-0.39, 0.29) is 0 Å². The second-order valence-corrected chi connectivity index (χ2v) is 10.9. The summed E-state index contributed by atoms with van der Waals surface area (Å²) in [4.78, 5) is 4.57. The van der Waals surface area contributed by atoms with Crippen molar-refractivity contribution in [3.05, 3.63) is 34.0 Å². The third kappa shape index (κ3) is 4.91. The lowest BCUT2D eigenvalue weighted by Gasteiger charge is -2.22. The molecule has 2 aliphatic rings. The standard InChI is InChI=1S/C21H28N2O5S2/c1-15-12-20(16(2)29-15)30(24,25)22-13-17-6-7-23(14-17)8-9-26-18-4-3-5-19-21(18)28-11-10-27-19/h3-5,12,17,22H,6-11,13-14H2,1-2H3. The number of ether oxygens (including phenoxy) is 3. The molecule has 1 unspecified atom stereocenters. The number of para-hydroxylation sites is 1. The highest BCUT2D eigenvalue weighted by atomic mass is 32.2. The first-order chi connectivity index (χ1) is 14.4. The predicted octanol–water partition coefficient (Wildman–Crippen LogP) is 2.82. The summed E-state index contributed by atoms with van der Waals surface area (Å²) in [5.41, 5.74) is 0. The maximum absolute atomic E-state index is 12.6. The van der Waals surface area contributed by atoms with E-state index in [9.17, 15) is 8.42 Å². The molecule has 1 saturated heterocycles. The van der Waals surface area contributed by atoms with Crippen LogP contribution in [0.5, 0.6) is 17.2 Å². The van der Waals surface area contributed by atoms with Gasteiger partial charge in [-0.3, -0.25) is 4.90 Å². The topological polar surface area (TPSA) is 77.1 Å². The maximum Gasteiger partial charge on any atom is 0.241 e. The van der Waals surface area contributed by atoms with E-state index in [1.54, 1.807) is 6.07 Å². The van der Waals surface area contributed by atoms with Gasteiger partial charge in [-0.05, 0) is 50.9 Å². The molecular weight excluding hydrogens is 424 g/mol. The number of hydrogen-bond donors (Lipinski definition) is 1. The predicted molar refractivity (Wildman–Crippen MR) is 116 cm³/mol. The second-order valence-electron chi connectivity index (χ2n) is 7.71. The van der Waals surface area contributed by atoms with Crippen molar-refractivity contribution in [2.45, 2.75) is 25.2 Å². The Labute approximate surface area is 182 Å². The van der Waals surface area contributed by atoms with E-state index in [0.717, 1.165) is 41.6 Å². The van der Waals surface area contributed by atoms with Gasteiger partial charge in [-0.2, -0.15) is 0 Å². The summed E-state index contributed by atoms with van der Waals surface area (Å²) in [5.74, 6) is 2.41. The molecule has 1 atom stereocenters. The zero-order valence-corrected chi connectivity index (χ0v) is 19.0. The first kappa shape index (κ1) is 21.4. The molecule has 0 saturated carbocycles. The minimum absolute atomic E-state index is 0.307. The molecule has 2 aromatic rings. The quantitative estimate of drug-likeness (QED) is 0.664. The number of thiophene rings is 1. The minimum Gasteiger partial charge on any atom is -0.488 e. The summed E-state index contributed by atoms with van der Waals surface area (Å²) in [6.07, 6.45) is 0.974. The van der Waals surface area contributed by atoms with Gasteiger partial charge >= 0.3 is 0 Å². The Balaban J connectivity index is 1.23. The van der Waals surface area contributed by atoms with E-state index in [1.807, 2.05) is 32.0 Å². The first-order valence-corrected chi connectivity index (χ1v) is 12.5. The summed E-state index contributed by atoms with van der Waals surface area (Å²) in [5, 5.41) is 0. The molecule has 1 aromatic carbocycles. The largest absolute Gasteiger partial charge is 0.488 e. The lowest BCUT2D eigenvalue weighted by molar-refractivity contribution is 0.158. The Hall–Kier alpha value is -1.81. The fourth-order valence-corrected chi connectivity index (χ4v) is 6.58. The van der Waals surface area contributed by atoms with Crippen LogP contribution < -0.4 is 18.9 Å². The average Bonchev–Trinajstić information content (AvgIpc) is 3.32. The highest BCUT2D eigenvalue weighted by Crippen LogP contribution is 2.38. The molecule has 0 amide bonds. The second kappa shape index (κ2) is 9.13. The van der Waals surface area contributed by atoms with Gasteiger partial charge < -0.3 is 14.2 Å². The minimum atomic E-state index is -3.45. The third-order valence-corrected chi connectivity index (χ3v) is 8.06. The molecule has 7 nitrogen and oxygen atoms in total. The third-order valence-electron chi connectivity index (χ3n) is 5.41. The number of nitrogens with zero attached hydrogens (tertiary/aromatic N) is 1. The monoisotopic (exact) mass is 452 g/mol. The molecule has 0 aliphatic carbocycles. The maximum atomic E-state index is 12.6. The SMILES string of the molecule is Cc1cc(S(=O)(=O)NCC2CCN(CCOc3cccc4c3OCCO4)C2)c(C)s1. The lowest BCUT2D eigenvalue weighted by Crippen LogP contribution is -2.32. The summed E-state index contributed by atoms with van der Waals surface area (Å²) in [6, 6.07) is 7.42. The Kier molecular flexibility index (Phi) is 6.52. The summed E-state index contributed by atoms with van der Waals surface area (Å²) >= 11 is 1.51. The lowest BCUT2D eigenvalue weighted by atomic mass is 10.1. The number of rotatable bonds is 8. The fraction of sp³-hybridized carbons (Fsp3) is 0.524. The summed E-state index contributed by atoms with van der Waals surface area (Å²) < 4.78 is 45.2. The van der Waals surface area contributed by atoms with Crippen molar-refractivity contribution < 1.29 is 22.6 Å². The molecule has 0 bridgehead atoms. The summed E-state index contributed by atoms with van der Waals surface area (Å²) in [6.45, 7) is 8.47. The molecule has 164 valence electrons. The van der Waals surface area contributed by atoms with Gasteiger partial charge in [0.1, 0.15) is 19.8 Å². The van der Waals surface area contributed by atoms with Gasteiger partial charge in [-0.15, -0.1) is 11.3 Å². The fourth-order valence-electron chi connectivity index (χ4n) is 3.91. The van der Waals surface area contributed by atoms with Gasteiger partial charge in [-0.1, -0.05) is 6.07 Å². The average molecular weight is 453 g/mol. The van der Waals surface area contributed by atoms with Crippen molar-refractivity contribution >= 4 is 21.4 Å². The van der Waals surface area contributed by atoms with Crippen LogP contribution in [0.25, 0.3) is 0 Å². The summed E-state index contributed by atoms with van der Waals surface area (Å²) in [7, 11) is -3.45. The molecule has 0 radical (unpaired) electrons. The molecule has 1 aromatic heterocycles. The van der Waals surface area contributed by atoms with Crippen LogP contribution in [0.15, 0.2) is 29.2 Å². The van der Waals surface area contributed by atoms with Crippen molar-refractivity contribution in [2.24, 2.45) is 5.92 Å². The van der Waals surface area contributed by atoms with Crippen LogP contribution in [0.2, 0.25) is 0 Å².